The van der Waals surface area contributed by atoms with Crippen molar-refractivity contribution in [2.24, 2.45) is 0 Å². The van der Waals surface area contributed by atoms with Crippen LogP contribution in [0.5, 0.6) is 0 Å². The summed E-state index contributed by atoms with van der Waals surface area (Å²) in [7, 11) is 0. The number of morpholine rings is 1. The van der Waals surface area contributed by atoms with Gasteiger partial charge in [-0.15, -0.1) is 0 Å². The lowest BCUT2D eigenvalue weighted by Crippen LogP contribution is -2.43. The van der Waals surface area contributed by atoms with Gasteiger partial charge in [-0.1, -0.05) is 0 Å². The van der Waals surface area contributed by atoms with Gasteiger partial charge in [-0.25, -0.2) is 4.98 Å². The maximum atomic E-state index is 12.6. The lowest BCUT2D eigenvalue weighted by atomic mass is 10.1. The van der Waals surface area contributed by atoms with E-state index in [0.29, 0.717) is 37.6 Å². The molecule has 122 valence electrons. The number of amides is 1. The van der Waals surface area contributed by atoms with Gasteiger partial charge < -0.3 is 15.4 Å². The molecule has 2 aromatic heterocycles. The molecule has 2 aromatic rings. The number of nitrogen functional groups attached to an aromatic ring is 1. The minimum atomic E-state index is -0.340. The van der Waals surface area contributed by atoms with E-state index in [-0.39, 0.29) is 12.0 Å². The highest BCUT2D eigenvalue weighted by Gasteiger charge is 2.28. The molecule has 0 aromatic carbocycles. The summed E-state index contributed by atoms with van der Waals surface area (Å²) in [6, 6.07) is 0. The largest absolute Gasteiger partial charge is 0.382 e. The van der Waals surface area contributed by atoms with E-state index in [1.807, 2.05) is 13.8 Å². The molecule has 0 spiro atoms. The van der Waals surface area contributed by atoms with E-state index in [1.54, 1.807) is 11.1 Å². The van der Waals surface area contributed by atoms with Gasteiger partial charge in [0.15, 0.2) is 0 Å². The van der Waals surface area contributed by atoms with Crippen LogP contribution in [0.15, 0.2) is 12.4 Å². The normalized spacial score (nSPS) is 18.2. The Morgan fingerprint density at radius 2 is 2.22 bits per heavy atom. The average molecular weight is 316 g/mol. The van der Waals surface area contributed by atoms with Crippen LogP contribution in [0.3, 0.4) is 0 Å². The maximum Gasteiger partial charge on any atom is 0.227 e. The number of carbonyl (C=O) groups is 1. The molecule has 0 unspecified atom stereocenters. The number of aromatic nitrogens is 4. The quantitative estimate of drug-likeness (QED) is 0.855. The number of anilines is 1. The summed E-state index contributed by atoms with van der Waals surface area (Å²) in [5.41, 5.74) is 9.18. The molecule has 1 aliphatic heterocycles. The van der Waals surface area contributed by atoms with Gasteiger partial charge in [0.05, 0.1) is 25.3 Å². The highest BCUT2D eigenvalue weighted by atomic mass is 16.5. The number of hydrogen-bond acceptors (Lipinski definition) is 6. The van der Waals surface area contributed by atoms with Crippen molar-refractivity contribution in [3.05, 3.63) is 35.0 Å². The second-order valence-corrected chi connectivity index (χ2v) is 5.62. The number of aryl methyl sites for hydroxylation is 2. The van der Waals surface area contributed by atoms with E-state index in [0.717, 1.165) is 17.0 Å². The van der Waals surface area contributed by atoms with Crippen LogP contribution in [0.4, 0.5) is 5.82 Å². The molecule has 3 heterocycles. The fourth-order valence-corrected chi connectivity index (χ4v) is 2.75. The SMILES string of the molecule is Cc1n[nH]c(C)c1CC(=O)N1CCO[C@@H](c2nccnc2N)C1. The first-order valence-electron chi connectivity index (χ1n) is 7.52. The van der Waals surface area contributed by atoms with E-state index < -0.39 is 0 Å². The van der Waals surface area contributed by atoms with Crippen molar-refractivity contribution in [3.63, 3.8) is 0 Å². The second-order valence-electron chi connectivity index (χ2n) is 5.62. The van der Waals surface area contributed by atoms with Crippen LogP contribution in [-0.4, -0.2) is 50.7 Å². The number of H-pyrrole nitrogens is 1. The van der Waals surface area contributed by atoms with E-state index in [9.17, 15) is 4.79 Å². The zero-order valence-electron chi connectivity index (χ0n) is 13.2. The molecular formula is C15H20N6O2. The molecule has 1 atom stereocenters. The highest BCUT2D eigenvalue weighted by Crippen LogP contribution is 2.24. The van der Waals surface area contributed by atoms with Gasteiger partial charge in [0.25, 0.3) is 0 Å². The molecule has 23 heavy (non-hydrogen) atoms. The third-order valence-electron chi connectivity index (χ3n) is 4.09. The number of aromatic amines is 1. The van der Waals surface area contributed by atoms with E-state index >= 15 is 0 Å². The minimum absolute atomic E-state index is 0.0494. The van der Waals surface area contributed by atoms with Crippen molar-refractivity contribution in [3.8, 4) is 0 Å². The molecule has 0 saturated carbocycles. The van der Waals surface area contributed by atoms with Gasteiger partial charge in [-0.05, 0) is 13.8 Å². The van der Waals surface area contributed by atoms with Crippen molar-refractivity contribution in [1.29, 1.82) is 0 Å². The zero-order valence-corrected chi connectivity index (χ0v) is 13.2. The molecule has 1 fully saturated rings. The Morgan fingerprint density at radius 1 is 1.43 bits per heavy atom. The molecular weight excluding hydrogens is 296 g/mol. The number of nitrogens with zero attached hydrogens (tertiary/aromatic N) is 4. The number of nitrogens with one attached hydrogen (secondary N) is 1. The number of nitrogens with two attached hydrogens (primary N) is 1. The van der Waals surface area contributed by atoms with Gasteiger partial charge in [0, 0.05) is 30.2 Å². The second kappa shape index (κ2) is 6.33. The summed E-state index contributed by atoms with van der Waals surface area (Å²) in [4.78, 5) is 22.6. The standard InChI is InChI=1S/C15H20N6O2/c1-9-11(10(2)20-19-9)7-13(22)21-5-6-23-12(8-21)14-15(16)18-4-3-17-14/h3-4,12H,5-8H2,1-2H3,(H2,16,18)(H,19,20)/t12-/m1/s1. The van der Waals surface area contributed by atoms with Crippen molar-refractivity contribution >= 4 is 11.7 Å². The Labute approximate surface area is 134 Å². The molecule has 1 amide bonds. The Bertz CT molecular complexity index is 694. The maximum absolute atomic E-state index is 12.6. The van der Waals surface area contributed by atoms with Gasteiger partial charge in [-0.2, -0.15) is 5.10 Å². The van der Waals surface area contributed by atoms with Crippen LogP contribution in [0, 0.1) is 13.8 Å². The van der Waals surface area contributed by atoms with E-state index in [4.69, 9.17) is 10.5 Å². The first-order valence-corrected chi connectivity index (χ1v) is 7.52. The van der Waals surface area contributed by atoms with Gasteiger partial charge in [0.2, 0.25) is 5.91 Å². The first kappa shape index (κ1) is 15.4. The summed E-state index contributed by atoms with van der Waals surface area (Å²) >= 11 is 0. The fraction of sp³-hybridized carbons (Fsp3) is 0.467. The predicted molar refractivity (Wildman–Crippen MR) is 83.5 cm³/mol. The van der Waals surface area contributed by atoms with Crippen LogP contribution >= 0.6 is 0 Å². The third kappa shape index (κ3) is 3.16. The molecule has 1 saturated heterocycles. The number of ether oxygens (including phenoxy) is 1. The summed E-state index contributed by atoms with van der Waals surface area (Å²) in [6.07, 6.45) is 3.10. The third-order valence-corrected chi connectivity index (χ3v) is 4.09. The molecule has 1 aliphatic rings. The van der Waals surface area contributed by atoms with Crippen LogP contribution in [0.1, 0.15) is 28.7 Å². The molecule has 3 N–H and O–H groups in total. The van der Waals surface area contributed by atoms with Crippen molar-refractivity contribution in [1.82, 2.24) is 25.1 Å². The number of carbonyl (C=O) groups excluding carboxylic acids is 1. The van der Waals surface area contributed by atoms with E-state index in [2.05, 4.69) is 20.2 Å². The Morgan fingerprint density at radius 3 is 2.91 bits per heavy atom. The number of rotatable bonds is 3. The molecule has 8 nitrogen and oxygen atoms in total. The first-order chi connectivity index (χ1) is 11.1. The van der Waals surface area contributed by atoms with Crippen molar-refractivity contribution in [2.45, 2.75) is 26.4 Å². The van der Waals surface area contributed by atoms with Crippen LogP contribution in [0.25, 0.3) is 0 Å². The Balaban J connectivity index is 1.71. The van der Waals surface area contributed by atoms with Crippen LogP contribution in [0.2, 0.25) is 0 Å². The Kier molecular flexibility index (Phi) is 4.24. The smallest absolute Gasteiger partial charge is 0.227 e. The number of hydrogen-bond donors (Lipinski definition) is 2. The van der Waals surface area contributed by atoms with Gasteiger partial charge in [-0.3, -0.25) is 14.9 Å². The molecule has 3 rings (SSSR count). The predicted octanol–water partition coefficient (Wildman–Crippen LogP) is 0.541. The minimum Gasteiger partial charge on any atom is -0.382 e. The summed E-state index contributed by atoms with van der Waals surface area (Å²) < 4.78 is 5.71. The highest BCUT2D eigenvalue weighted by molar-refractivity contribution is 5.79. The molecule has 0 aliphatic carbocycles. The van der Waals surface area contributed by atoms with Crippen LogP contribution in [-0.2, 0) is 16.0 Å². The lowest BCUT2D eigenvalue weighted by molar-refractivity contribution is -0.138. The molecule has 8 heteroatoms. The van der Waals surface area contributed by atoms with Crippen molar-refractivity contribution in [2.75, 3.05) is 25.4 Å². The monoisotopic (exact) mass is 316 g/mol. The summed E-state index contributed by atoms with van der Waals surface area (Å²) in [6.45, 7) is 5.26. The zero-order chi connectivity index (χ0) is 16.4. The summed E-state index contributed by atoms with van der Waals surface area (Å²) in [5, 5.41) is 7.04. The van der Waals surface area contributed by atoms with Gasteiger partial charge >= 0.3 is 0 Å². The summed E-state index contributed by atoms with van der Waals surface area (Å²) in [5.74, 6) is 0.390. The lowest BCUT2D eigenvalue weighted by Gasteiger charge is -2.33. The van der Waals surface area contributed by atoms with Gasteiger partial charge in [0.1, 0.15) is 17.6 Å². The van der Waals surface area contributed by atoms with E-state index in [1.165, 1.54) is 6.20 Å². The molecule has 0 bridgehead atoms. The van der Waals surface area contributed by atoms with Crippen molar-refractivity contribution < 1.29 is 9.53 Å². The molecule has 0 radical (unpaired) electrons. The topological polar surface area (TPSA) is 110 Å². The fourth-order valence-electron chi connectivity index (χ4n) is 2.75. The Hall–Kier alpha value is -2.48. The van der Waals surface area contributed by atoms with Crippen LogP contribution < -0.4 is 5.73 Å². The average Bonchev–Trinajstić information content (AvgIpc) is 2.87.